The number of rotatable bonds is 3. The van der Waals surface area contributed by atoms with Crippen molar-refractivity contribution in [3.63, 3.8) is 0 Å². The van der Waals surface area contributed by atoms with Gasteiger partial charge >= 0.3 is 5.97 Å². The van der Waals surface area contributed by atoms with E-state index < -0.39 is 6.04 Å². The Kier molecular flexibility index (Phi) is 5.20. The zero-order chi connectivity index (χ0) is 14.5. The number of hydrogen-bond acceptors (Lipinski definition) is 4. The minimum absolute atomic E-state index is 0.162. The van der Waals surface area contributed by atoms with Gasteiger partial charge in [0.1, 0.15) is 6.04 Å². The van der Waals surface area contributed by atoms with Crippen molar-refractivity contribution in [2.75, 3.05) is 13.7 Å². The molecule has 4 nitrogen and oxygen atoms in total. The van der Waals surface area contributed by atoms with Crippen molar-refractivity contribution in [3.05, 3.63) is 27.4 Å². The molecule has 0 radical (unpaired) electrons. The summed E-state index contributed by atoms with van der Waals surface area (Å²) in [7, 11) is 1.35. The van der Waals surface area contributed by atoms with Crippen LogP contribution in [-0.4, -0.2) is 36.5 Å². The quantitative estimate of drug-likeness (QED) is 0.636. The molecule has 1 saturated heterocycles. The lowest BCUT2D eigenvalue weighted by Crippen LogP contribution is -2.47. The molecule has 1 aromatic rings. The van der Waals surface area contributed by atoms with Gasteiger partial charge in [0.2, 0.25) is 5.91 Å². The first-order valence-corrected chi connectivity index (χ1v) is 7.63. The summed E-state index contributed by atoms with van der Waals surface area (Å²) in [5.41, 5.74) is 0. The van der Waals surface area contributed by atoms with Gasteiger partial charge in [0.15, 0.2) is 0 Å². The Balaban J connectivity index is 2.06. The monoisotopic (exact) mass is 313 g/mol. The number of thiophene rings is 1. The molecule has 2 rings (SSSR count). The number of halogens is 1. The van der Waals surface area contributed by atoms with Crippen molar-refractivity contribution in [1.82, 2.24) is 4.90 Å². The molecule has 0 aliphatic carbocycles. The number of likely N-dealkylation sites (tertiary alicyclic amines) is 1. The van der Waals surface area contributed by atoms with E-state index in [-0.39, 0.29) is 11.9 Å². The largest absolute Gasteiger partial charge is 0.467 e. The number of carbonyl (C=O) groups is 2. The minimum atomic E-state index is -0.460. The molecule has 1 aliphatic rings. The van der Waals surface area contributed by atoms with E-state index in [1.165, 1.54) is 24.5 Å². The Morgan fingerprint density at radius 2 is 2.25 bits per heavy atom. The molecule has 108 valence electrons. The molecular weight excluding hydrogens is 298 g/mol. The Hall–Kier alpha value is -1.33. The second-order valence-corrected chi connectivity index (χ2v) is 6.29. The van der Waals surface area contributed by atoms with E-state index in [9.17, 15) is 9.59 Å². The minimum Gasteiger partial charge on any atom is -0.467 e. The Morgan fingerprint density at radius 3 is 2.90 bits per heavy atom. The van der Waals surface area contributed by atoms with Crippen molar-refractivity contribution in [2.45, 2.75) is 25.3 Å². The number of carbonyl (C=O) groups excluding carboxylic acids is 2. The molecule has 0 N–H and O–H groups in total. The van der Waals surface area contributed by atoms with Crippen LogP contribution >= 0.6 is 22.9 Å². The predicted molar refractivity (Wildman–Crippen MR) is 79.7 cm³/mol. The van der Waals surface area contributed by atoms with Crippen LogP contribution in [-0.2, 0) is 14.3 Å². The van der Waals surface area contributed by atoms with Gasteiger partial charge in [-0.05, 0) is 37.5 Å². The van der Waals surface area contributed by atoms with Gasteiger partial charge < -0.3 is 9.64 Å². The molecule has 0 bridgehead atoms. The number of hydrogen-bond donors (Lipinski definition) is 0. The highest BCUT2D eigenvalue weighted by molar-refractivity contribution is 7.17. The summed E-state index contributed by atoms with van der Waals surface area (Å²) >= 11 is 7.24. The maximum atomic E-state index is 12.2. The Morgan fingerprint density at radius 1 is 1.45 bits per heavy atom. The van der Waals surface area contributed by atoms with Crippen molar-refractivity contribution in [3.8, 4) is 0 Å². The lowest BCUT2D eigenvalue weighted by Gasteiger charge is -2.32. The average molecular weight is 314 g/mol. The Labute approximate surface area is 127 Å². The fraction of sp³-hybridized carbons (Fsp3) is 0.429. The van der Waals surface area contributed by atoms with Crippen LogP contribution in [0.2, 0.25) is 4.34 Å². The molecule has 2 heterocycles. The number of esters is 1. The SMILES string of the molecule is COC(=O)C1CCCCN1C(=O)/C=C/c1ccc(Cl)s1. The highest BCUT2D eigenvalue weighted by Crippen LogP contribution is 2.23. The standard InChI is InChI=1S/C14H16ClNO3S/c1-19-14(18)11-4-2-3-9-16(11)13(17)8-6-10-5-7-12(15)20-10/h5-8,11H,2-4,9H2,1H3/b8-6+. The lowest BCUT2D eigenvalue weighted by atomic mass is 10.0. The van der Waals surface area contributed by atoms with Crippen LogP contribution in [0.3, 0.4) is 0 Å². The van der Waals surface area contributed by atoms with E-state index in [1.807, 2.05) is 6.07 Å². The topological polar surface area (TPSA) is 46.6 Å². The number of nitrogens with zero attached hydrogens (tertiary/aromatic N) is 1. The van der Waals surface area contributed by atoms with Crippen LogP contribution < -0.4 is 0 Å². The second kappa shape index (κ2) is 6.90. The summed E-state index contributed by atoms with van der Waals surface area (Å²) in [5, 5.41) is 0. The number of piperidine rings is 1. The third-order valence-electron chi connectivity index (χ3n) is 3.24. The smallest absolute Gasteiger partial charge is 0.328 e. The summed E-state index contributed by atoms with van der Waals surface area (Å²) in [4.78, 5) is 26.4. The van der Waals surface area contributed by atoms with E-state index in [0.29, 0.717) is 17.3 Å². The summed E-state index contributed by atoms with van der Waals surface area (Å²) in [6.07, 6.45) is 5.73. The number of methoxy groups -OCH3 is 1. The van der Waals surface area contributed by atoms with Crippen molar-refractivity contribution < 1.29 is 14.3 Å². The number of ether oxygens (including phenoxy) is 1. The van der Waals surface area contributed by atoms with Crippen molar-refractivity contribution in [2.24, 2.45) is 0 Å². The first kappa shape index (κ1) is 15.1. The maximum Gasteiger partial charge on any atom is 0.328 e. The summed E-state index contributed by atoms with van der Waals surface area (Å²) < 4.78 is 5.45. The lowest BCUT2D eigenvalue weighted by molar-refractivity contribution is -0.153. The molecule has 20 heavy (non-hydrogen) atoms. The van der Waals surface area contributed by atoms with Crippen molar-refractivity contribution in [1.29, 1.82) is 0 Å². The van der Waals surface area contributed by atoms with Gasteiger partial charge in [0.25, 0.3) is 0 Å². The molecule has 1 aromatic heterocycles. The molecule has 1 atom stereocenters. The third-order valence-corrected chi connectivity index (χ3v) is 4.44. The van der Waals surface area contributed by atoms with E-state index in [2.05, 4.69) is 0 Å². The van der Waals surface area contributed by atoms with Gasteiger partial charge in [0.05, 0.1) is 11.4 Å². The summed E-state index contributed by atoms with van der Waals surface area (Å²) in [6, 6.07) is 3.18. The average Bonchev–Trinajstić information content (AvgIpc) is 2.89. The zero-order valence-electron chi connectivity index (χ0n) is 11.2. The molecule has 0 aromatic carbocycles. The fourth-order valence-corrected chi connectivity index (χ4v) is 3.21. The molecular formula is C14H16ClNO3S. The molecule has 6 heteroatoms. The van der Waals surface area contributed by atoms with Crippen LogP contribution in [0.5, 0.6) is 0 Å². The molecule has 1 unspecified atom stereocenters. The molecule has 1 aliphatic heterocycles. The molecule has 0 spiro atoms. The van der Waals surface area contributed by atoms with Crippen LogP contribution in [0.25, 0.3) is 6.08 Å². The van der Waals surface area contributed by atoms with Crippen LogP contribution in [0.4, 0.5) is 0 Å². The van der Waals surface area contributed by atoms with Crippen LogP contribution in [0, 0.1) is 0 Å². The number of amides is 1. The summed E-state index contributed by atoms with van der Waals surface area (Å²) in [5.74, 6) is -0.504. The van der Waals surface area contributed by atoms with Gasteiger partial charge in [-0.3, -0.25) is 4.79 Å². The van der Waals surface area contributed by atoms with Crippen LogP contribution in [0.15, 0.2) is 18.2 Å². The zero-order valence-corrected chi connectivity index (χ0v) is 12.7. The highest BCUT2D eigenvalue weighted by atomic mass is 35.5. The van der Waals surface area contributed by atoms with Crippen LogP contribution in [0.1, 0.15) is 24.1 Å². The fourth-order valence-electron chi connectivity index (χ4n) is 2.24. The maximum absolute atomic E-state index is 12.2. The van der Waals surface area contributed by atoms with Gasteiger partial charge in [-0.2, -0.15) is 0 Å². The predicted octanol–water partition coefficient (Wildman–Crippen LogP) is 2.97. The van der Waals surface area contributed by atoms with E-state index in [0.717, 1.165) is 17.7 Å². The first-order valence-electron chi connectivity index (χ1n) is 6.43. The molecule has 1 amide bonds. The highest BCUT2D eigenvalue weighted by Gasteiger charge is 2.31. The Bertz CT molecular complexity index is 526. The summed E-state index contributed by atoms with van der Waals surface area (Å²) in [6.45, 7) is 0.591. The van der Waals surface area contributed by atoms with Crippen molar-refractivity contribution >= 4 is 40.9 Å². The van der Waals surface area contributed by atoms with E-state index >= 15 is 0 Å². The van der Waals surface area contributed by atoms with E-state index in [4.69, 9.17) is 16.3 Å². The van der Waals surface area contributed by atoms with Gasteiger partial charge in [-0.25, -0.2) is 4.79 Å². The normalized spacial score (nSPS) is 19.3. The van der Waals surface area contributed by atoms with Gasteiger partial charge in [-0.1, -0.05) is 11.6 Å². The first-order chi connectivity index (χ1) is 9.61. The second-order valence-electron chi connectivity index (χ2n) is 4.54. The third kappa shape index (κ3) is 3.61. The molecule has 1 fully saturated rings. The van der Waals surface area contributed by atoms with E-state index in [1.54, 1.807) is 17.0 Å². The molecule has 0 saturated carbocycles. The van der Waals surface area contributed by atoms with Gasteiger partial charge in [0, 0.05) is 17.5 Å². The van der Waals surface area contributed by atoms with Gasteiger partial charge in [-0.15, -0.1) is 11.3 Å².